The van der Waals surface area contributed by atoms with E-state index < -0.39 is 0 Å². The number of benzene rings is 2. The fourth-order valence-corrected chi connectivity index (χ4v) is 2.83. The Morgan fingerprint density at radius 3 is 2.45 bits per heavy atom. The number of hydrogen-bond donors (Lipinski definition) is 1. The van der Waals surface area contributed by atoms with Crippen LogP contribution in [-0.2, 0) is 0 Å². The van der Waals surface area contributed by atoms with Gasteiger partial charge in [-0.1, -0.05) is 24.3 Å². The lowest BCUT2D eigenvalue weighted by atomic mass is 10.0. The fraction of sp³-hybridized carbons (Fsp3) is 0.176. The minimum Gasteiger partial charge on any atom is -0.459 e. The molecule has 0 aliphatic rings. The summed E-state index contributed by atoms with van der Waals surface area (Å²) in [6.07, 6.45) is 0. The third-order valence-corrected chi connectivity index (χ3v) is 4.36. The predicted molar refractivity (Wildman–Crippen MR) is 90.9 cm³/mol. The summed E-state index contributed by atoms with van der Waals surface area (Å²) in [7, 11) is 0. The summed E-state index contributed by atoms with van der Waals surface area (Å²) in [5.74, 6) is 0.854. The van der Waals surface area contributed by atoms with Crippen LogP contribution in [0.3, 0.4) is 0 Å². The second kappa shape index (κ2) is 5.22. The zero-order valence-electron chi connectivity index (χ0n) is 11.5. The van der Waals surface area contributed by atoms with Crippen molar-refractivity contribution in [2.45, 2.75) is 19.9 Å². The molecule has 0 fully saturated rings. The molecule has 3 aromatic rings. The van der Waals surface area contributed by atoms with Crippen LogP contribution in [-0.4, -0.2) is 0 Å². The maximum Gasteiger partial charge on any atom is 0.134 e. The highest BCUT2D eigenvalue weighted by molar-refractivity contribution is 14.1. The van der Waals surface area contributed by atoms with Gasteiger partial charge in [0, 0.05) is 14.5 Å². The standard InChI is InChI=1S/C17H16INO/c1-10-3-8-14-11(2)17(20-15(14)9-10)16(19)12-4-6-13(18)7-5-12/h3-9,16H,19H2,1-2H3. The second-order valence-electron chi connectivity index (χ2n) is 5.12. The van der Waals surface area contributed by atoms with Crippen molar-refractivity contribution in [1.29, 1.82) is 0 Å². The summed E-state index contributed by atoms with van der Waals surface area (Å²) in [4.78, 5) is 0. The molecule has 3 rings (SSSR count). The van der Waals surface area contributed by atoms with Gasteiger partial charge in [0.05, 0.1) is 6.04 Å². The molecule has 0 aliphatic heterocycles. The van der Waals surface area contributed by atoms with Crippen molar-refractivity contribution in [3.05, 3.63) is 68.5 Å². The highest BCUT2D eigenvalue weighted by Crippen LogP contribution is 2.32. The highest BCUT2D eigenvalue weighted by Gasteiger charge is 2.18. The van der Waals surface area contributed by atoms with E-state index in [4.69, 9.17) is 10.2 Å². The van der Waals surface area contributed by atoms with Crippen molar-refractivity contribution >= 4 is 33.6 Å². The smallest absolute Gasteiger partial charge is 0.134 e. The Morgan fingerprint density at radius 1 is 1.05 bits per heavy atom. The number of rotatable bonds is 2. The molecule has 0 bridgehead atoms. The van der Waals surface area contributed by atoms with E-state index in [1.165, 1.54) is 9.13 Å². The Labute approximate surface area is 132 Å². The SMILES string of the molecule is Cc1ccc2c(C)c(C(N)c3ccc(I)cc3)oc2c1. The van der Waals surface area contributed by atoms with Gasteiger partial charge < -0.3 is 10.2 Å². The molecule has 0 aliphatic carbocycles. The van der Waals surface area contributed by atoms with E-state index in [1.807, 2.05) is 0 Å². The van der Waals surface area contributed by atoms with Crippen LogP contribution in [0.2, 0.25) is 0 Å². The molecule has 1 atom stereocenters. The first-order valence-corrected chi connectivity index (χ1v) is 7.65. The summed E-state index contributed by atoms with van der Waals surface area (Å²) < 4.78 is 7.20. The van der Waals surface area contributed by atoms with Crippen LogP contribution < -0.4 is 5.73 Å². The zero-order valence-corrected chi connectivity index (χ0v) is 13.6. The molecule has 0 saturated heterocycles. The minimum atomic E-state index is -0.222. The van der Waals surface area contributed by atoms with Gasteiger partial charge in [-0.25, -0.2) is 0 Å². The van der Waals surface area contributed by atoms with Gasteiger partial charge in [0.15, 0.2) is 0 Å². The van der Waals surface area contributed by atoms with Crippen molar-refractivity contribution in [1.82, 2.24) is 0 Å². The maximum absolute atomic E-state index is 6.37. The molecule has 3 heteroatoms. The molecule has 2 aromatic carbocycles. The summed E-state index contributed by atoms with van der Waals surface area (Å²) in [6, 6.07) is 14.3. The Morgan fingerprint density at radius 2 is 1.75 bits per heavy atom. The number of halogens is 1. The Bertz CT molecular complexity index is 759. The van der Waals surface area contributed by atoms with Crippen LogP contribution in [0.15, 0.2) is 46.9 Å². The number of furan rings is 1. The summed E-state index contributed by atoms with van der Waals surface area (Å²) >= 11 is 2.29. The number of aryl methyl sites for hydroxylation is 2. The van der Waals surface area contributed by atoms with Crippen molar-refractivity contribution in [3.8, 4) is 0 Å². The van der Waals surface area contributed by atoms with Crippen molar-refractivity contribution in [2.24, 2.45) is 5.73 Å². The molecule has 20 heavy (non-hydrogen) atoms. The molecular weight excluding hydrogens is 361 g/mol. The van der Waals surface area contributed by atoms with Gasteiger partial charge in [-0.2, -0.15) is 0 Å². The monoisotopic (exact) mass is 377 g/mol. The zero-order chi connectivity index (χ0) is 14.3. The molecule has 1 unspecified atom stereocenters. The molecular formula is C17H16INO. The van der Waals surface area contributed by atoms with Gasteiger partial charge in [0.2, 0.25) is 0 Å². The van der Waals surface area contributed by atoms with Crippen LogP contribution in [0.4, 0.5) is 0 Å². The molecule has 102 valence electrons. The van der Waals surface area contributed by atoms with Crippen LogP contribution in [0.25, 0.3) is 11.0 Å². The van der Waals surface area contributed by atoms with Gasteiger partial charge in [-0.3, -0.25) is 0 Å². The topological polar surface area (TPSA) is 39.2 Å². The normalized spacial score (nSPS) is 12.8. The van der Waals surface area contributed by atoms with Gasteiger partial charge in [0.1, 0.15) is 11.3 Å². The van der Waals surface area contributed by atoms with E-state index in [9.17, 15) is 0 Å². The maximum atomic E-state index is 6.37. The number of nitrogens with two attached hydrogens (primary N) is 1. The summed E-state index contributed by atoms with van der Waals surface area (Å²) in [6.45, 7) is 4.14. The second-order valence-corrected chi connectivity index (χ2v) is 6.37. The first-order chi connectivity index (χ1) is 9.56. The van der Waals surface area contributed by atoms with Gasteiger partial charge in [0.25, 0.3) is 0 Å². The Hall–Kier alpha value is -1.33. The van der Waals surface area contributed by atoms with Crippen LogP contribution >= 0.6 is 22.6 Å². The van der Waals surface area contributed by atoms with Gasteiger partial charge in [-0.05, 0) is 65.8 Å². The van der Waals surface area contributed by atoms with Crippen LogP contribution in [0.1, 0.15) is 28.5 Å². The molecule has 2 N–H and O–H groups in total. The third-order valence-electron chi connectivity index (χ3n) is 3.64. The Kier molecular flexibility index (Phi) is 3.56. The molecule has 0 radical (unpaired) electrons. The fourth-order valence-electron chi connectivity index (χ4n) is 2.47. The Balaban J connectivity index is 2.09. The van der Waals surface area contributed by atoms with E-state index in [-0.39, 0.29) is 6.04 Å². The van der Waals surface area contributed by atoms with Crippen molar-refractivity contribution in [3.63, 3.8) is 0 Å². The molecule has 0 spiro atoms. The minimum absolute atomic E-state index is 0.222. The van der Waals surface area contributed by atoms with E-state index in [0.29, 0.717) is 0 Å². The van der Waals surface area contributed by atoms with Gasteiger partial charge in [-0.15, -0.1) is 0 Å². The van der Waals surface area contributed by atoms with E-state index in [1.54, 1.807) is 0 Å². The average Bonchev–Trinajstić information content (AvgIpc) is 2.75. The van der Waals surface area contributed by atoms with Gasteiger partial charge >= 0.3 is 0 Å². The quantitative estimate of drug-likeness (QED) is 0.658. The molecule has 1 heterocycles. The molecule has 2 nitrogen and oxygen atoms in total. The van der Waals surface area contributed by atoms with Crippen molar-refractivity contribution < 1.29 is 4.42 Å². The summed E-state index contributed by atoms with van der Waals surface area (Å²) in [5.41, 5.74) is 10.7. The highest BCUT2D eigenvalue weighted by atomic mass is 127. The van der Waals surface area contributed by atoms with Crippen LogP contribution in [0, 0.1) is 17.4 Å². The number of hydrogen-bond acceptors (Lipinski definition) is 2. The molecule has 0 amide bonds. The lowest BCUT2D eigenvalue weighted by Gasteiger charge is -2.10. The first kappa shape index (κ1) is 13.6. The predicted octanol–water partition coefficient (Wildman–Crippen LogP) is 4.70. The lowest BCUT2D eigenvalue weighted by Crippen LogP contribution is -2.11. The lowest BCUT2D eigenvalue weighted by molar-refractivity contribution is 0.521. The number of fused-ring (bicyclic) bond motifs is 1. The van der Waals surface area contributed by atoms with Crippen LogP contribution in [0.5, 0.6) is 0 Å². The summed E-state index contributed by atoms with van der Waals surface area (Å²) in [5, 5.41) is 1.14. The average molecular weight is 377 g/mol. The third kappa shape index (κ3) is 2.36. The molecule has 1 aromatic heterocycles. The van der Waals surface area contributed by atoms with Crippen molar-refractivity contribution in [2.75, 3.05) is 0 Å². The van der Waals surface area contributed by atoms with E-state index >= 15 is 0 Å². The first-order valence-electron chi connectivity index (χ1n) is 6.57. The van der Waals surface area contributed by atoms with E-state index in [2.05, 4.69) is 78.9 Å². The molecule has 0 saturated carbocycles. The largest absolute Gasteiger partial charge is 0.459 e. The van der Waals surface area contributed by atoms with E-state index in [0.717, 1.165) is 27.9 Å².